The number of aryl methyl sites for hydroxylation is 1. The number of hydrogen-bond acceptors (Lipinski definition) is 3. The van der Waals surface area contributed by atoms with Gasteiger partial charge in [-0.05, 0) is 24.6 Å². The van der Waals surface area contributed by atoms with Crippen LogP contribution in [0.2, 0.25) is 5.02 Å². The van der Waals surface area contributed by atoms with Crippen molar-refractivity contribution in [2.24, 2.45) is 5.73 Å². The minimum Gasteiger partial charge on any atom is -0.497 e. The van der Waals surface area contributed by atoms with E-state index in [2.05, 4.69) is 0 Å². The summed E-state index contributed by atoms with van der Waals surface area (Å²) >= 11 is 5.96. The fraction of sp³-hybridized carbons (Fsp3) is 0.300. The van der Waals surface area contributed by atoms with Crippen molar-refractivity contribution in [3.63, 3.8) is 0 Å². The molecule has 1 rings (SSSR count). The second kappa shape index (κ2) is 4.44. The summed E-state index contributed by atoms with van der Waals surface area (Å²) in [6.45, 7) is 1.77. The molecule has 0 aromatic heterocycles. The number of Topliss-reactive ketones (excluding diaryl/α,β-unsaturated/α-hetero) is 1. The molecule has 0 heterocycles. The first kappa shape index (κ1) is 11.0. The van der Waals surface area contributed by atoms with Crippen LogP contribution in [-0.4, -0.2) is 19.4 Å². The van der Waals surface area contributed by atoms with E-state index >= 15 is 0 Å². The molecule has 3 nitrogen and oxygen atoms in total. The molecule has 0 spiro atoms. The summed E-state index contributed by atoms with van der Waals surface area (Å²) in [5.74, 6) is 0.431. The summed E-state index contributed by atoms with van der Waals surface area (Å²) in [4.78, 5) is 11.4. The lowest BCUT2D eigenvalue weighted by atomic mass is 10.1. The second-order valence-electron chi connectivity index (χ2n) is 2.93. The Morgan fingerprint density at radius 1 is 1.57 bits per heavy atom. The van der Waals surface area contributed by atoms with Crippen LogP contribution in [0.1, 0.15) is 15.9 Å². The zero-order chi connectivity index (χ0) is 10.7. The quantitative estimate of drug-likeness (QED) is 0.779. The Kier molecular flexibility index (Phi) is 3.49. The SMILES string of the molecule is COc1cc(C)c(Cl)c(C(=O)CN)c1. The fourth-order valence-corrected chi connectivity index (χ4v) is 1.38. The molecule has 0 saturated heterocycles. The van der Waals surface area contributed by atoms with Crippen LogP contribution in [0.5, 0.6) is 5.75 Å². The van der Waals surface area contributed by atoms with Crippen LogP contribution in [0.15, 0.2) is 12.1 Å². The summed E-state index contributed by atoms with van der Waals surface area (Å²) in [6, 6.07) is 3.38. The molecule has 0 unspecified atom stereocenters. The van der Waals surface area contributed by atoms with Crippen LogP contribution in [0.4, 0.5) is 0 Å². The van der Waals surface area contributed by atoms with E-state index in [1.165, 1.54) is 0 Å². The van der Waals surface area contributed by atoms with Crippen LogP contribution in [0, 0.1) is 6.92 Å². The van der Waals surface area contributed by atoms with Gasteiger partial charge in [0, 0.05) is 5.56 Å². The number of ether oxygens (including phenoxy) is 1. The molecule has 0 saturated carbocycles. The van der Waals surface area contributed by atoms with Gasteiger partial charge in [0.15, 0.2) is 5.78 Å². The standard InChI is InChI=1S/C10H12ClNO2/c1-6-3-7(14-2)4-8(10(6)11)9(13)5-12/h3-4H,5,12H2,1-2H3. The molecule has 0 aliphatic heterocycles. The average Bonchev–Trinajstić information content (AvgIpc) is 2.20. The Hall–Kier alpha value is -1.06. The summed E-state index contributed by atoms with van der Waals surface area (Å²) < 4.78 is 5.03. The van der Waals surface area contributed by atoms with Crippen molar-refractivity contribution in [1.29, 1.82) is 0 Å². The number of halogens is 1. The molecule has 2 N–H and O–H groups in total. The van der Waals surface area contributed by atoms with Crippen molar-refractivity contribution in [3.8, 4) is 5.75 Å². The Morgan fingerprint density at radius 3 is 2.71 bits per heavy atom. The number of hydrogen-bond donors (Lipinski definition) is 1. The summed E-state index contributed by atoms with van der Waals surface area (Å²) in [6.07, 6.45) is 0. The second-order valence-corrected chi connectivity index (χ2v) is 3.31. The molecule has 0 amide bonds. The van der Waals surface area contributed by atoms with E-state index in [0.29, 0.717) is 16.3 Å². The van der Waals surface area contributed by atoms with Crippen LogP contribution >= 0.6 is 11.6 Å². The Balaban J connectivity index is 3.27. The Morgan fingerprint density at radius 2 is 2.21 bits per heavy atom. The van der Waals surface area contributed by atoms with Crippen molar-refractivity contribution >= 4 is 17.4 Å². The average molecular weight is 214 g/mol. The molecule has 0 bridgehead atoms. The minimum atomic E-state index is -0.183. The zero-order valence-electron chi connectivity index (χ0n) is 8.13. The maximum atomic E-state index is 11.4. The van der Waals surface area contributed by atoms with Gasteiger partial charge in [0.05, 0.1) is 18.7 Å². The molecule has 4 heteroatoms. The molecule has 0 atom stereocenters. The molecule has 0 aliphatic rings. The predicted octanol–water partition coefficient (Wildman–Crippen LogP) is 1.80. The molecule has 76 valence electrons. The monoisotopic (exact) mass is 213 g/mol. The molecule has 0 fully saturated rings. The van der Waals surface area contributed by atoms with E-state index in [0.717, 1.165) is 5.56 Å². The molecule has 0 radical (unpaired) electrons. The zero-order valence-corrected chi connectivity index (χ0v) is 8.89. The van der Waals surface area contributed by atoms with Gasteiger partial charge in [0.2, 0.25) is 0 Å². The highest BCUT2D eigenvalue weighted by Gasteiger charge is 2.12. The maximum absolute atomic E-state index is 11.4. The Bertz CT molecular complexity index is 363. The smallest absolute Gasteiger partial charge is 0.178 e. The molecule has 1 aromatic rings. The first-order valence-electron chi connectivity index (χ1n) is 4.17. The number of rotatable bonds is 3. The van der Waals surface area contributed by atoms with Gasteiger partial charge in [-0.3, -0.25) is 4.79 Å². The lowest BCUT2D eigenvalue weighted by Crippen LogP contribution is -2.14. The van der Waals surface area contributed by atoms with Gasteiger partial charge < -0.3 is 10.5 Å². The normalized spacial score (nSPS) is 10.0. The lowest BCUT2D eigenvalue weighted by molar-refractivity contribution is 0.100. The largest absolute Gasteiger partial charge is 0.497 e. The van der Waals surface area contributed by atoms with E-state index in [1.54, 1.807) is 19.2 Å². The molecular weight excluding hydrogens is 202 g/mol. The number of benzene rings is 1. The molecule has 14 heavy (non-hydrogen) atoms. The fourth-order valence-electron chi connectivity index (χ4n) is 1.17. The van der Waals surface area contributed by atoms with Crippen LogP contribution in [0.3, 0.4) is 0 Å². The van der Waals surface area contributed by atoms with Crippen LogP contribution < -0.4 is 10.5 Å². The number of ketones is 1. The first-order chi connectivity index (χ1) is 6.60. The first-order valence-corrected chi connectivity index (χ1v) is 4.55. The third-order valence-corrected chi connectivity index (χ3v) is 2.45. The molecule has 1 aromatic carbocycles. The van der Waals surface area contributed by atoms with Gasteiger partial charge in [0.1, 0.15) is 5.75 Å². The van der Waals surface area contributed by atoms with Gasteiger partial charge in [-0.1, -0.05) is 11.6 Å². The number of carbonyl (C=O) groups excluding carboxylic acids is 1. The van der Waals surface area contributed by atoms with Crippen molar-refractivity contribution in [2.45, 2.75) is 6.92 Å². The van der Waals surface area contributed by atoms with E-state index in [-0.39, 0.29) is 12.3 Å². The number of nitrogens with two attached hydrogens (primary N) is 1. The van der Waals surface area contributed by atoms with Gasteiger partial charge in [-0.15, -0.1) is 0 Å². The van der Waals surface area contributed by atoms with Crippen molar-refractivity contribution < 1.29 is 9.53 Å². The van der Waals surface area contributed by atoms with Gasteiger partial charge in [-0.2, -0.15) is 0 Å². The Labute approximate surface area is 87.8 Å². The van der Waals surface area contributed by atoms with Gasteiger partial charge in [0.25, 0.3) is 0 Å². The van der Waals surface area contributed by atoms with Gasteiger partial charge in [-0.25, -0.2) is 0 Å². The van der Waals surface area contributed by atoms with E-state index < -0.39 is 0 Å². The molecular formula is C10H12ClNO2. The highest BCUT2D eigenvalue weighted by atomic mass is 35.5. The van der Waals surface area contributed by atoms with Crippen molar-refractivity contribution in [2.75, 3.05) is 13.7 Å². The minimum absolute atomic E-state index is 0.0493. The van der Waals surface area contributed by atoms with Crippen LogP contribution in [-0.2, 0) is 0 Å². The summed E-state index contributed by atoms with van der Waals surface area (Å²) in [5, 5.41) is 0.446. The number of methoxy groups -OCH3 is 1. The van der Waals surface area contributed by atoms with E-state index in [1.807, 2.05) is 6.92 Å². The van der Waals surface area contributed by atoms with E-state index in [4.69, 9.17) is 22.1 Å². The lowest BCUT2D eigenvalue weighted by Gasteiger charge is -2.08. The third-order valence-electron chi connectivity index (χ3n) is 1.95. The van der Waals surface area contributed by atoms with Crippen molar-refractivity contribution in [1.82, 2.24) is 0 Å². The maximum Gasteiger partial charge on any atom is 0.178 e. The third kappa shape index (κ3) is 2.05. The highest BCUT2D eigenvalue weighted by Crippen LogP contribution is 2.26. The summed E-state index contributed by atoms with van der Waals surface area (Å²) in [7, 11) is 1.54. The highest BCUT2D eigenvalue weighted by molar-refractivity contribution is 6.34. The molecule has 0 aliphatic carbocycles. The van der Waals surface area contributed by atoms with E-state index in [9.17, 15) is 4.79 Å². The topological polar surface area (TPSA) is 52.3 Å². The summed E-state index contributed by atoms with van der Waals surface area (Å²) in [5.41, 5.74) is 6.50. The number of carbonyl (C=O) groups is 1. The van der Waals surface area contributed by atoms with Crippen LogP contribution in [0.25, 0.3) is 0 Å². The predicted molar refractivity (Wildman–Crippen MR) is 56.1 cm³/mol. The van der Waals surface area contributed by atoms with Gasteiger partial charge >= 0.3 is 0 Å². The van der Waals surface area contributed by atoms with Crippen molar-refractivity contribution in [3.05, 3.63) is 28.3 Å².